The predicted octanol–water partition coefficient (Wildman–Crippen LogP) is 4.67. The summed E-state index contributed by atoms with van der Waals surface area (Å²) in [6.45, 7) is -0.0167. The van der Waals surface area contributed by atoms with Crippen LogP contribution in [-0.4, -0.2) is 35.2 Å². The number of ether oxygens (including phenoxy) is 1. The van der Waals surface area contributed by atoms with Gasteiger partial charge in [-0.1, -0.05) is 48.5 Å². The van der Waals surface area contributed by atoms with Crippen LogP contribution in [0.4, 0.5) is 19.3 Å². The molecule has 0 atom stereocenters. The molecule has 3 aromatic carbocycles. The van der Waals surface area contributed by atoms with Crippen molar-refractivity contribution in [2.45, 2.75) is 24.3 Å². The zero-order valence-electron chi connectivity index (χ0n) is 18.3. The number of fused-ring (bicyclic) bond motifs is 3. The number of aliphatic carboxylic acids is 1. The van der Waals surface area contributed by atoms with Gasteiger partial charge in [0.1, 0.15) is 23.5 Å². The van der Waals surface area contributed by atoms with Crippen LogP contribution in [0.1, 0.15) is 40.2 Å². The minimum atomic E-state index is -1.52. The van der Waals surface area contributed by atoms with Crippen LogP contribution >= 0.6 is 0 Å². The lowest BCUT2D eigenvalue weighted by atomic mass is 9.98. The largest absolute Gasteiger partial charge is 0.480 e. The van der Waals surface area contributed by atoms with E-state index in [-0.39, 0.29) is 25.4 Å². The van der Waals surface area contributed by atoms with E-state index in [0.717, 1.165) is 34.4 Å². The van der Waals surface area contributed by atoms with Gasteiger partial charge in [0.25, 0.3) is 5.91 Å². The maximum Gasteiger partial charge on any atom is 0.411 e. The number of carboxylic acid groups (broad SMARTS) is 1. The monoisotopic (exact) mass is 478 g/mol. The summed E-state index contributed by atoms with van der Waals surface area (Å²) in [5, 5.41) is 13.6. The van der Waals surface area contributed by atoms with Gasteiger partial charge in [0.2, 0.25) is 0 Å². The molecule has 0 unspecified atom stereocenters. The topological polar surface area (TPSA) is 105 Å². The molecule has 0 heterocycles. The number of amides is 2. The number of carboxylic acids is 1. The molecule has 0 aromatic heterocycles. The zero-order chi connectivity index (χ0) is 24.7. The molecular weight excluding hydrogens is 458 g/mol. The summed E-state index contributed by atoms with van der Waals surface area (Å²) >= 11 is 0. The number of hydrogen-bond acceptors (Lipinski definition) is 4. The maximum atomic E-state index is 15.0. The van der Waals surface area contributed by atoms with Gasteiger partial charge >= 0.3 is 12.1 Å². The smallest absolute Gasteiger partial charge is 0.411 e. The molecule has 0 bridgehead atoms. The highest BCUT2D eigenvalue weighted by atomic mass is 19.1. The van der Waals surface area contributed by atoms with Crippen molar-refractivity contribution in [2.24, 2.45) is 0 Å². The van der Waals surface area contributed by atoms with Gasteiger partial charge in [0.05, 0.1) is 5.69 Å². The minimum Gasteiger partial charge on any atom is -0.480 e. The molecule has 0 aliphatic heterocycles. The molecule has 0 saturated heterocycles. The van der Waals surface area contributed by atoms with Crippen molar-refractivity contribution < 1.29 is 33.0 Å². The summed E-state index contributed by atoms with van der Waals surface area (Å²) in [6, 6.07) is 17.3. The number of hydrogen-bond donors (Lipinski definition) is 3. The Balaban J connectivity index is 1.30. The Morgan fingerprint density at radius 3 is 2.11 bits per heavy atom. The number of nitrogens with one attached hydrogen (secondary N) is 2. The highest BCUT2D eigenvalue weighted by Crippen LogP contribution is 2.44. The van der Waals surface area contributed by atoms with Gasteiger partial charge in [-0.15, -0.1) is 0 Å². The summed E-state index contributed by atoms with van der Waals surface area (Å²) in [6.07, 6.45) is -0.655. The Bertz CT molecular complexity index is 1320. The molecule has 2 amide bonds. The van der Waals surface area contributed by atoms with E-state index in [1.54, 1.807) is 0 Å². The molecule has 0 radical (unpaired) electrons. The van der Waals surface area contributed by atoms with Crippen LogP contribution in [-0.2, 0) is 9.53 Å². The normalized spacial score (nSPS) is 15.0. The average Bonchev–Trinajstić information content (AvgIpc) is 3.55. The van der Waals surface area contributed by atoms with Crippen molar-refractivity contribution >= 4 is 23.7 Å². The fourth-order valence-corrected chi connectivity index (χ4v) is 4.40. The molecule has 2 aliphatic rings. The van der Waals surface area contributed by atoms with E-state index in [1.165, 1.54) is 0 Å². The van der Waals surface area contributed by atoms with E-state index < -0.39 is 46.4 Å². The van der Waals surface area contributed by atoms with Crippen LogP contribution < -0.4 is 10.6 Å². The van der Waals surface area contributed by atoms with Crippen LogP contribution in [0, 0.1) is 11.6 Å². The summed E-state index contributed by atoms with van der Waals surface area (Å²) < 4.78 is 34.6. The number of halogens is 2. The van der Waals surface area contributed by atoms with Crippen LogP contribution in [0.5, 0.6) is 0 Å². The number of benzene rings is 3. The van der Waals surface area contributed by atoms with Gasteiger partial charge in [-0.25, -0.2) is 18.4 Å². The lowest BCUT2D eigenvalue weighted by Gasteiger charge is -2.16. The first-order chi connectivity index (χ1) is 16.8. The molecule has 1 saturated carbocycles. The Hall–Kier alpha value is -4.27. The molecule has 9 heteroatoms. The third-order valence-electron chi connectivity index (χ3n) is 6.41. The second kappa shape index (κ2) is 8.50. The Morgan fingerprint density at radius 1 is 0.943 bits per heavy atom. The van der Waals surface area contributed by atoms with Crippen LogP contribution in [0.25, 0.3) is 11.1 Å². The predicted molar refractivity (Wildman–Crippen MR) is 122 cm³/mol. The minimum absolute atomic E-state index is 0.0167. The average molecular weight is 478 g/mol. The molecule has 1 fully saturated rings. The molecule has 0 spiro atoms. The van der Waals surface area contributed by atoms with Crippen molar-refractivity contribution in [3.8, 4) is 11.1 Å². The molecule has 5 rings (SSSR count). The fourth-order valence-electron chi connectivity index (χ4n) is 4.40. The third-order valence-corrected chi connectivity index (χ3v) is 6.41. The summed E-state index contributed by atoms with van der Waals surface area (Å²) in [7, 11) is 0. The fraction of sp³-hybridized carbons (Fsp3) is 0.192. The molecule has 3 N–H and O–H groups in total. The van der Waals surface area contributed by atoms with E-state index in [9.17, 15) is 28.3 Å². The van der Waals surface area contributed by atoms with E-state index >= 15 is 0 Å². The number of carbonyl (C=O) groups is 3. The second-order valence-corrected chi connectivity index (χ2v) is 8.58. The number of carbonyl (C=O) groups excluding carboxylic acids is 2. The van der Waals surface area contributed by atoms with Crippen molar-refractivity contribution in [2.75, 3.05) is 11.9 Å². The Kier molecular flexibility index (Phi) is 5.47. The summed E-state index contributed by atoms with van der Waals surface area (Å²) in [4.78, 5) is 36.2. The molecule has 3 aromatic rings. The first-order valence-corrected chi connectivity index (χ1v) is 11.0. The molecular formula is C26H20F2N2O5. The SMILES string of the molecule is O=C(Nc1ccc(F)c(C(=O)NC2(C(=O)O)CC2)c1F)OCC1c2ccccc2-c2ccccc21. The highest BCUT2D eigenvalue weighted by molar-refractivity contribution is 6.00. The van der Waals surface area contributed by atoms with Gasteiger partial charge in [-0.3, -0.25) is 10.1 Å². The van der Waals surface area contributed by atoms with E-state index in [2.05, 4.69) is 10.6 Å². The first kappa shape index (κ1) is 22.5. The van der Waals surface area contributed by atoms with Gasteiger partial charge < -0.3 is 15.2 Å². The second-order valence-electron chi connectivity index (χ2n) is 8.58. The standard InChI is InChI=1S/C26H20F2N2O5/c27-19-9-10-20(22(28)21(19)23(31)30-26(11-12-26)24(32)33)29-25(34)35-13-18-16-7-3-1-5-14(16)15-6-2-4-8-17(15)18/h1-10,18H,11-13H2,(H,29,34)(H,30,31)(H,32,33). The lowest BCUT2D eigenvalue weighted by Crippen LogP contribution is -2.43. The molecule has 7 nitrogen and oxygen atoms in total. The third kappa shape index (κ3) is 3.99. The summed E-state index contributed by atoms with van der Waals surface area (Å²) in [5.74, 6) is -5.20. The van der Waals surface area contributed by atoms with Gasteiger partial charge in [0.15, 0.2) is 5.82 Å². The zero-order valence-corrected chi connectivity index (χ0v) is 18.3. The van der Waals surface area contributed by atoms with Crippen LogP contribution in [0.2, 0.25) is 0 Å². The number of anilines is 1. The van der Waals surface area contributed by atoms with E-state index in [0.29, 0.717) is 0 Å². The van der Waals surface area contributed by atoms with Crippen molar-refractivity contribution in [3.05, 3.63) is 89.0 Å². The maximum absolute atomic E-state index is 15.0. The van der Waals surface area contributed by atoms with Gasteiger partial charge in [0, 0.05) is 5.92 Å². The number of rotatable bonds is 6. The van der Waals surface area contributed by atoms with Crippen molar-refractivity contribution in [1.29, 1.82) is 0 Å². The van der Waals surface area contributed by atoms with Crippen LogP contribution in [0.3, 0.4) is 0 Å². The lowest BCUT2D eigenvalue weighted by molar-refractivity contribution is -0.140. The summed E-state index contributed by atoms with van der Waals surface area (Å²) in [5.41, 5.74) is 1.13. The van der Waals surface area contributed by atoms with Gasteiger partial charge in [-0.05, 0) is 47.2 Å². The van der Waals surface area contributed by atoms with Crippen molar-refractivity contribution in [3.63, 3.8) is 0 Å². The van der Waals surface area contributed by atoms with Crippen molar-refractivity contribution in [1.82, 2.24) is 5.32 Å². The molecule has 35 heavy (non-hydrogen) atoms. The molecule has 2 aliphatic carbocycles. The van der Waals surface area contributed by atoms with Gasteiger partial charge in [-0.2, -0.15) is 0 Å². The highest BCUT2D eigenvalue weighted by Gasteiger charge is 2.52. The Labute approximate surface area is 198 Å². The Morgan fingerprint density at radius 2 is 1.54 bits per heavy atom. The van der Waals surface area contributed by atoms with E-state index in [1.807, 2.05) is 48.5 Å². The first-order valence-electron chi connectivity index (χ1n) is 11.0. The quantitative estimate of drug-likeness (QED) is 0.478. The van der Waals surface area contributed by atoms with E-state index in [4.69, 9.17) is 4.74 Å². The molecule has 178 valence electrons. The van der Waals surface area contributed by atoms with Crippen LogP contribution in [0.15, 0.2) is 60.7 Å².